The number of carbonyl (C=O) groups excluding carboxylic acids is 1. The maximum atomic E-state index is 12.7. The van der Waals surface area contributed by atoms with E-state index >= 15 is 0 Å². The van der Waals surface area contributed by atoms with Crippen molar-refractivity contribution < 1.29 is 79.7 Å². The Morgan fingerprint density at radius 3 is 1.60 bits per heavy atom. The molecule has 0 spiro atoms. The first-order chi connectivity index (χ1) is 24.2. The van der Waals surface area contributed by atoms with E-state index in [-0.39, 0.29) is 23.0 Å². The number of nitrogens with one attached hydrogen (secondary N) is 1. The fourth-order valence-corrected chi connectivity index (χ4v) is 4.01. The Bertz CT molecular complexity index is 1690. The second-order valence-corrected chi connectivity index (χ2v) is 22.7. The summed E-state index contributed by atoms with van der Waals surface area (Å²) in [5.41, 5.74) is 6.11. The number of alkyl halides is 6. The van der Waals surface area contributed by atoms with Gasteiger partial charge in [-0.1, -0.05) is 0 Å². The van der Waals surface area contributed by atoms with Crippen LogP contribution in [-0.2, 0) is 15.6 Å². The first-order valence-electron chi connectivity index (χ1n) is 13.6. The number of carboxylic acids is 2. The fourth-order valence-electron chi connectivity index (χ4n) is 3.40. The molecule has 0 saturated carbocycles. The molecule has 15 nitrogen and oxygen atoms in total. The summed E-state index contributed by atoms with van der Waals surface area (Å²) in [5.74, 6) is -3.89. The normalized spacial score (nSPS) is 11.8. The molecule has 0 bridgehead atoms. The Kier molecular flexibility index (Phi) is 20.5. The Hall–Kier alpha value is -3.08. The van der Waals surface area contributed by atoms with Crippen LogP contribution in [0.15, 0.2) is 22.7 Å². The summed E-state index contributed by atoms with van der Waals surface area (Å²) in [4.78, 5) is 43.9. The number of carboxylic acid groups (broad SMARTS) is 2. The first-order valence-corrected chi connectivity index (χ1v) is 23.4. The Morgan fingerprint density at radius 2 is 1.21 bits per heavy atom. The fraction of sp³-hybridized carbons (Fsp3) is 0.357. The number of halogens is 9. The molecule has 25 heteroatoms. The third kappa shape index (κ3) is 15.3. The second kappa shape index (κ2) is 21.7. The van der Waals surface area contributed by atoms with Crippen LogP contribution in [0, 0.1) is 13.8 Å². The number of carbonyl (C=O) groups is 3. The molecule has 0 aliphatic carbocycles. The van der Waals surface area contributed by atoms with Crippen LogP contribution in [0.25, 0.3) is 0 Å². The average Bonchev–Trinajstić information content (AvgIpc) is 3.03. The SMILES string of the molecule is COc1nc(C(=O)NC[C@](C)(O)C(F)(F)F)c(N)cc1C(F)(F)F.COc1nc(C(=O)O)c(Br)cc1C.COc1nc(C(=O)O)c(N)cc1C.[I][V][I]. The average molecular weight is 1090 g/mol. The molecule has 3 aromatic rings. The number of nitrogen functional groups attached to an aromatic ring is 2. The molecule has 0 unspecified atom stereocenters. The van der Waals surface area contributed by atoms with Crippen molar-refractivity contribution in [1.29, 1.82) is 0 Å². The summed E-state index contributed by atoms with van der Waals surface area (Å²) in [5, 5.41) is 28.3. The van der Waals surface area contributed by atoms with Gasteiger partial charge in [0, 0.05) is 11.1 Å². The second-order valence-electron chi connectivity index (χ2n) is 10.0. The number of aryl methyl sites for hydroxylation is 2. The van der Waals surface area contributed by atoms with Gasteiger partial charge in [0.05, 0.1) is 43.7 Å². The van der Waals surface area contributed by atoms with E-state index in [2.05, 4.69) is 75.6 Å². The summed E-state index contributed by atoms with van der Waals surface area (Å²) in [6.45, 7) is 2.70. The van der Waals surface area contributed by atoms with Crippen molar-refractivity contribution in [1.82, 2.24) is 20.3 Å². The van der Waals surface area contributed by atoms with E-state index in [0.717, 1.165) is 12.7 Å². The molecule has 0 fully saturated rings. The van der Waals surface area contributed by atoms with Gasteiger partial charge in [0.2, 0.25) is 17.6 Å². The van der Waals surface area contributed by atoms with Crippen molar-refractivity contribution in [3.63, 3.8) is 0 Å². The number of ether oxygens (including phenoxy) is 3. The molecule has 0 radical (unpaired) electrons. The number of aromatic carboxylic acids is 2. The summed E-state index contributed by atoms with van der Waals surface area (Å²) in [6, 6.07) is 3.56. The predicted octanol–water partition coefficient (Wildman–Crippen LogP) is 6.04. The number of anilines is 2. The molecular formula is C28H31BrF6I2N6O9V. The van der Waals surface area contributed by atoms with Crippen molar-refractivity contribution in [2.45, 2.75) is 38.7 Å². The minimum atomic E-state index is -5.03. The Morgan fingerprint density at radius 1 is 0.811 bits per heavy atom. The predicted molar refractivity (Wildman–Crippen MR) is 194 cm³/mol. The summed E-state index contributed by atoms with van der Waals surface area (Å²) in [7, 11) is 4.37. The molecule has 1 atom stereocenters. The minimum absolute atomic E-state index is 0.0394. The molecule has 0 aliphatic rings. The summed E-state index contributed by atoms with van der Waals surface area (Å²) >= 11 is 7.85. The topological polar surface area (TPSA) is 242 Å². The van der Waals surface area contributed by atoms with Crippen LogP contribution in [-0.4, -0.2) is 87.8 Å². The first kappa shape index (κ1) is 49.9. The van der Waals surface area contributed by atoms with Crippen molar-refractivity contribution in [3.8, 4) is 17.6 Å². The van der Waals surface area contributed by atoms with E-state index in [9.17, 15) is 45.8 Å². The number of hydrogen-bond acceptors (Lipinski definition) is 12. The van der Waals surface area contributed by atoms with Crippen molar-refractivity contribution >= 4 is 85.1 Å². The van der Waals surface area contributed by atoms with Gasteiger partial charge in [0.15, 0.2) is 22.7 Å². The third-order valence-electron chi connectivity index (χ3n) is 6.04. The molecule has 0 aromatic carbocycles. The van der Waals surface area contributed by atoms with Gasteiger partial charge >= 0.3 is 73.7 Å². The number of aromatic nitrogens is 3. The van der Waals surface area contributed by atoms with Gasteiger partial charge in [-0.05, 0) is 54.9 Å². The number of aliphatic hydroxyl groups is 1. The Balaban J connectivity index is 0.000000789. The zero-order valence-corrected chi connectivity index (χ0v) is 35.4. The van der Waals surface area contributed by atoms with E-state index in [1.807, 2.05) is 0 Å². The Labute approximate surface area is 334 Å². The molecule has 8 N–H and O–H groups in total. The number of methoxy groups -OCH3 is 3. The quantitative estimate of drug-likeness (QED) is 0.111. The molecule has 3 heterocycles. The molecule has 295 valence electrons. The van der Waals surface area contributed by atoms with Crippen molar-refractivity contribution in [3.05, 3.63) is 56.4 Å². The molecular weight excluding hydrogens is 1060 g/mol. The number of amides is 1. The van der Waals surface area contributed by atoms with Crippen LogP contribution in [0.5, 0.6) is 17.6 Å². The number of rotatable bonds is 8. The van der Waals surface area contributed by atoms with Crippen molar-refractivity contribution in [2.24, 2.45) is 0 Å². The van der Waals surface area contributed by atoms with Gasteiger partial charge in [-0.25, -0.2) is 24.5 Å². The molecule has 0 aliphatic heterocycles. The summed E-state index contributed by atoms with van der Waals surface area (Å²) in [6.07, 6.45) is -9.89. The molecule has 3 rings (SSSR count). The number of pyridine rings is 3. The van der Waals surface area contributed by atoms with E-state index in [1.165, 1.54) is 20.3 Å². The summed E-state index contributed by atoms with van der Waals surface area (Å²) < 4.78 is 90.3. The van der Waals surface area contributed by atoms with Gasteiger partial charge in [0.25, 0.3) is 5.91 Å². The van der Waals surface area contributed by atoms with Gasteiger partial charge in [-0.3, -0.25) is 4.79 Å². The molecule has 0 saturated heterocycles. The standard InChI is InChI=1S/C12H13F6N3O3.C8H8BrNO3.C8H10N2O3.2HI.V/c1-10(23,12(16,17)18)4-20-8(22)7-6(19)3-5(11(13,14)15)9(21-7)24-2;2*1-4-3-5(9)6(8(11)12)10-7(4)13-2;;;/h3,23H,4,19H2,1-2H3,(H,20,22);3H,1-2H3,(H,11,12);3H,9H2,1-2H3,(H,11,12);2*1H;/q;;;;;+2/p-2/t10-;;;;;/m0...../s1. The van der Waals surface area contributed by atoms with Crippen molar-refractivity contribution in [2.75, 3.05) is 39.3 Å². The van der Waals surface area contributed by atoms with Crippen LogP contribution in [0.2, 0.25) is 0 Å². The van der Waals surface area contributed by atoms with Crippen LogP contribution in [0.3, 0.4) is 0 Å². The number of hydrogen-bond donors (Lipinski definition) is 6. The van der Waals surface area contributed by atoms with Gasteiger partial charge < -0.3 is 46.3 Å². The number of nitrogens with two attached hydrogens (primary N) is 2. The molecule has 53 heavy (non-hydrogen) atoms. The van der Waals surface area contributed by atoms with Gasteiger partial charge in [-0.2, -0.15) is 26.3 Å². The monoisotopic (exact) mass is 1090 g/mol. The van der Waals surface area contributed by atoms with Crippen LogP contribution < -0.4 is 31.0 Å². The van der Waals surface area contributed by atoms with Gasteiger partial charge in [-0.15, -0.1) is 0 Å². The molecule has 3 aromatic heterocycles. The van der Waals surface area contributed by atoms with Crippen LogP contribution in [0.1, 0.15) is 55.1 Å². The van der Waals surface area contributed by atoms with Gasteiger partial charge in [0.1, 0.15) is 5.56 Å². The van der Waals surface area contributed by atoms with E-state index < -0.39 is 65.2 Å². The zero-order valence-electron chi connectivity index (χ0n) is 28.1. The third-order valence-corrected chi connectivity index (χ3v) is 6.65. The zero-order chi connectivity index (χ0) is 41.6. The number of nitrogens with zero attached hydrogens (tertiary/aromatic N) is 3. The van der Waals surface area contributed by atoms with E-state index in [1.54, 1.807) is 25.2 Å². The molecule has 1 amide bonds. The maximum absolute atomic E-state index is 12.7. The van der Waals surface area contributed by atoms with E-state index in [0.29, 0.717) is 38.4 Å². The van der Waals surface area contributed by atoms with Crippen LogP contribution >= 0.6 is 55.9 Å². The van der Waals surface area contributed by atoms with E-state index in [4.69, 9.17) is 31.2 Å². The van der Waals surface area contributed by atoms with Crippen LogP contribution in [0.4, 0.5) is 37.7 Å².